The molecule has 20 heavy (non-hydrogen) atoms. The second kappa shape index (κ2) is 6.40. The average Bonchev–Trinajstić information content (AvgIpc) is 2.37. The van der Waals surface area contributed by atoms with Crippen LogP contribution in [0, 0.1) is 12.8 Å². The molecule has 0 spiro atoms. The number of methoxy groups -OCH3 is 1. The highest BCUT2D eigenvalue weighted by Gasteiger charge is 2.35. The molecule has 0 radical (unpaired) electrons. The Bertz CT molecular complexity index is 464. The number of nitrogens with one attached hydrogen (secondary N) is 1. The van der Waals surface area contributed by atoms with Crippen LogP contribution in [0.4, 0.5) is 0 Å². The smallest absolute Gasteiger partial charge is 0.323 e. The van der Waals surface area contributed by atoms with E-state index in [2.05, 4.69) is 36.5 Å². The van der Waals surface area contributed by atoms with E-state index >= 15 is 0 Å². The maximum Gasteiger partial charge on any atom is 0.323 e. The molecule has 0 amide bonds. The van der Waals surface area contributed by atoms with Gasteiger partial charge in [0.15, 0.2) is 0 Å². The topological polar surface area (TPSA) is 38.3 Å². The van der Waals surface area contributed by atoms with E-state index in [1.165, 1.54) is 18.2 Å². The van der Waals surface area contributed by atoms with E-state index in [1.807, 2.05) is 13.8 Å². The van der Waals surface area contributed by atoms with Gasteiger partial charge in [0.2, 0.25) is 0 Å². The van der Waals surface area contributed by atoms with E-state index in [-0.39, 0.29) is 17.9 Å². The summed E-state index contributed by atoms with van der Waals surface area (Å²) in [6.07, 6.45) is 2.20. The lowest BCUT2D eigenvalue weighted by atomic mass is 9.74. The number of ether oxygens (including phenoxy) is 1. The fraction of sp³-hybridized carbons (Fsp3) is 0.588. The Morgan fingerprint density at radius 2 is 1.95 bits per heavy atom. The first-order valence-corrected chi connectivity index (χ1v) is 7.42. The van der Waals surface area contributed by atoms with Gasteiger partial charge in [-0.3, -0.25) is 4.79 Å². The number of hydrogen-bond donors (Lipinski definition) is 1. The summed E-state index contributed by atoms with van der Waals surface area (Å²) >= 11 is 0. The average molecular weight is 275 g/mol. The molecule has 1 atom stereocenters. The third kappa shape index (κ3) is 3.21. The van der Waals surface area contributed by atoms with Gasteiger partial charge in [-0.2, -0.15) is 0 Å². The highest BCUT2D eigenvalue weighted by Crippen LogP contribution is 2.38. The fourth-order valence-corrected chi connectivity index (χ4v) is 2.97. The summed E-state index contributed by atoms with van der Waals surface area (Å²) in [5.74, 6) is 0.721. The van der Waals surface area contributed by atoms with Crippen LogP contribution in [0.25, 0.3) is 0 Å². The molecule has 3 heteroatoms. The van der Waals surface area contributed by atoms with Gasteiger partial charge in [-0.25, -0.2) is 0 Å². The van der Waals surface area contributed by atoms with Crippen molar-refractivity contribution in [3.63, 3.8) is 0 Å². The lowest BCUT2D eigenvalue weighted by Gasteiger charge is -2.39. The summed E-state index contributed by atoms with van der Waals surface area (Å²) in [5.41, 5.74) is 2.81. The third-order valence-electron chi connectivity index (χ3n) is 4.30. The molecule has 1 aromatic carbocycles. The molecule has 0 heterocycles. The number of rotatable bonds is 5. The second-order valence-electron chi connectivity index (χ2n) is 6.13. The van der Waals surface area contributed by atoms with E-state index in [0.717, 1.165) is 12.8 Å². The van der Waals surface area contributed by atoms with E-state index in [0.29, 0.717) is 12.0 Å². The predicted molar refractivity (Wildman–Crippen MR) is 80.7 cm³/mol. The number of aryl methyl sites for hydroxylation is 1. The molecule has 2 rings (SSSR count). The monoisotopic (exact) mass is 275 g/mol. The molecule has 0 saturated heterocycles. The van der Waals surface area contributed by atoms with Crippen molar-refractivity contribution in [3.05, 3.63) is 35.4 Å². The van der Waals surface area contributed by atoms with Gasteiger partial charge in [-0.15, -0.1) is 0 Å². The zero-order valence-electron chi connectivity index (χ0n) is 12.8. The van der Waals surface area contributed by atoms with Crippen molar-refractivity contribution in [2.24, 2.45) is 5.92 Å². The van der Waals surface area contributed by atoms with Gasteiger partial charge in [0.25, 0.3) is 0 Å². The van der Waals surface area contributed by atoms with Crippen LogP contribution in [0.1, 0.15) is 43.7 Å². The molecule has 1 fully saturated rings. The number of carbonyl (C=O) groups excluding carboxylic acids is 1. The lowest BCUT2D eigenvalue weighted by Crippen LogP contribution is -2.51. The van der Waals surface area contributed by atoms with Crippen LogP contribution in [-0.2, 0) is 9.53 Å². The first kappa shape index (κ1) is 15.0. The molecular formula is C17H25NO2. The van der Waals surface area contributed by atoms with Gasteiger partial charge in [0.05, 0.1) is 7.11 Å². The van der Waals surface area contributed by atoms with Crippen molar-refractivity contribution in [2.75, 3.05) is 7.11 Å². The molecule has 1 aliphatic rings. The third-order valence-corrected chi connectivity index (χ3v) is 4.30. The van der Waals surface area contributed by atoms with E-state index < -0.39 is 0 Å². The molecule has 0 unspecified atom stereocenters. The predicted octanol–water partition coefficient (Wildman–Crippen LogP) is 3.03. The Balaban J connectivity index is 1.90. The van der Waals surface area contributed by atoms with Crippen LogP contribution in [0.15, 0.2) is 24.3 Å². The first-order chi connectivity index (χ1) is 9.52. The normalized spacial score (nSPS) is 23.2. The van der Waals surface area contributed by atoms with E-state index in [1.54, 1.807) is 0 Å². The summed E-state index contributed by atoms with van der Waals surface area (Å²) in [6, 6.07) is 8.81. The first-order valence-electron chi connectivity index (χ1n) is 7.42. The van der Waals surface area contributed by atoms with Crippen LogP contribution >= 0.6 is 0 Å². The van der Waals surface area contributed by atoms with Crippen molar-refractivity contribution in [1.29, 1.82) is 0 Å². The highest BCUT2D eigenvalue weighted by atomic mass is 16.5. The number of esters is 1. The molecule has 1 N–H and O–H groups in total. The van der Waals surface area contributed by atoms with Crippen LogP contribution < -0.4 is 5.32 Å². The maximum atomic E-state index is 11.7. The van der Waals surface area contributed by atoms with Gasteiger partial charge in [-0.1, -0.05) is 38.1 Å². The standard InChI is InChI=1S/C17H25NO2/c1-11(2)16(17(19)20-4)18-14-9-13(10-14)15-8-6-5-7-12(15)3/h5-8,11,13-14,16,18H,9-10H2,1-4H3/t13?,14?,16-/m0/s1. The minimum atomic E-state index is -0.192. The van der Waals surface area contributed by atoms with E-state index in [4.69, 9.17) is 4.74 Å². The molecule has 0 aromatic heterocycles. The quantitative estimate of drug-likeness (QED) is 0.839. The summed E-state index contributed by atoms with van der Waals surface area (Å²) in [4.78, 5) is 11.7. The molecule has 1 saturated carbocycles. The number of hydrogen-bond acceptors (Lipinski definition) is 3. The van der Waals surface area contributed by atoms with Crippen LogP contribution in [0.3, 0.4) is 0 Å². The lowest BCUT2D eigenvalue weighted by molar-refractivity contribution is -0.144. The zero-order valence-corrected chi connectivity index (χ0v) is 12.8. The summed E-state index contributed by atoms with van der Waals surface area (Å²) in [5, 5.41) is 3.45. The van der Waals surface area contributed by atoms with Crippen molar-refractivity contribution in [3.8, 4) is 0 Å². The summed E-state index contributed by atoms with van der Waals surface area (Å²) in [7, 11) is 1.45. The number of benzene rings is 1. The molecule has 0 bridgehead atoms. The minimum Gasteiger partial charge on any atom is -0.468 e. The number of carbonyl (C=O) groups is 1. The van der Waals surface area contributed by atoms with Gasteiger partial charge in [0, 0.05) is 6.04 Å². The molecule has 1 aromatic rings. The summed E-state index contributed by atoms with van der Waals surface area (Å²) < 4.78 is 4.87. The van der Waals surface area contributed by atoms with Crippen LogP contribution in [0.2, 0.25) is 0 Å². The molecule has 3 nitrogen and oxygen atoms in total. The van der Waals surface area contributed by atoms with Crippen molar-refractivity contribution >= 4 is 5.97 Å². The Kier molecular flexibility index (Phi) is 4.81. The zero-order chi connectivity index (χ0) is 14.7. The molecule has 1 aliphatic carbocycles. The second-order valence-corrected chi connectivity index (χ2v) is 6.13. The SMILES string of the molecule is COC(=O)[C@@H](NC1CC(c2ccccc2C)C1)C(C)C. The minimum absolute atomic E-state index is 0.153. The van der Waals surface area contributed by atoms with Crippen molar-refractivity contribution in [1.82, 2.24) is 5.32 Å². The van der Waals surface area contributed by atoms with Gasteiger partial charge in [0.1, 0.15) is 6.04 Å². The van der Waals surface area contributed by atoms with Gasteiger partial charge < -0.3 is 10.1 Å². The Morgan fingerprint density at radius 3 is 2.50 bits per heavy atom. The van der Waals surface area contributed by atoms with Crippen molar-refractivity contribution in [2.45, 2.75) is 51.6 Å². The van der Waals surface area contributed by atoms with Crippen LogP contribution in [-0.4, -0.2) is 25.2 Å². The summed E-state index contributed by atoms with van der Waals surface area (Å²) in [6.45, 7) is 6.26. The van der Waals surface area contributed by atoms with Gasteiger partial charge >= 0.3 is 5.97 Å². The fourth-order valence-electron chi connectivity index (χ4n) is 2.97. The van der Waals surface area contributed by atoms with Crippen molar-refractivity contribution < 1.29 is 9.53 Å². The Labute approximate surface area is 121 Å². The molecule has 110 valence electrons. The molecule has 0 aliphatic heterocycles. The van der Waals surface area contributed by atoms with Crippen LogP contribution in [0.5, 0.6) is 0 Å². The Hall–Kier alpha value is -1.35. The Morgan fingerprint density at radius 1 is 1.30 bits per heavy atom. The largest absolute Gasteiger partial charge is 0.468 e. The van der Waals surface area contributed by atoms with Gasteiger partial charge in [-0.05, 0) is 42.7 Å². The highest BCUT2D eigenvalue weighted by molar-refractivity contribution is 5.76. The van der Waals surface area contributed by atoms with E-state index in [9.17, 15) is 4.79 Å². The molecular weight excluding hydrogens is 250 g/mol. The maximum absolute atomic E-state index is 11.7.